The van der Waals surface area contributed by atoms with Gasteiger partial charge in [0, 0.05) is 13.1 Å². The Labute approximate surface area is 115 Å². The van der Waals surface area contributed by atoms with Crippen molar-refractivity contribution in [3.05, 3.63) is 22.5 Å². The van der Waals surface area contributed by atoms with Crippen LogP contribution in [0.1, 0.15) is 6.92 Å². The first kappa shape index (κ1) is 14.1. The number of ether oxygens (including phenoxy) is 1. The van der Waals surface area contributed by atoms with Gasteiger partial charge in [0.25, 0.3) is 0 Å². The molecule has 0 bridgehead atoms. The molecule has 1 aromatic rings. The molecule has 0 aromatic carbocycles. The molecular weight excluding hydrogens is 266 g/mol. The molecule has 9 nitrogen and oxygen atoms in total. The van der Waals surface area contributed by atoms with Gasteiger partial charge >= 0.3 is 5.69 Å². The number of anilines is 1. The molecule has 1 atom stereocenters. The summed E-state index contributed by atoms with van der Waals surface area (Å²) in [5.41, 5.74) is -0.192. The van der Waals surface area contributed by atoms with Gasteiger partial charge in [-0.3, -0.25) is 14.9 Å². The minimum Gasteiger partial charge on any atom is -0.378 e. The van der Waals surface area contributed by atoms with E-state index in [-0.39, 0.29) is 17.5 Å². The lowest BCUT2D eigenvalue weighted by Gasteiger charge is -2.29. The van der Waals surface area contributed by atoms with E-state index in [0.29, 0.717) is 26.3 Å². The van der Waals surface area contributed by atoms with E-state index in [1.165, 1.54) is 0 Å². The maximum absolute atomic E-state index is 12.1. The molecular formula is C11H15N5O4. The van der Waals surface area contributed by atoms with Crippen LogP contribution in [0.5, 0.6) is 0 Å². The number of nitro groups is 1. The van der Waals surface area contributed by atoms with Crippen LogP contribution < -0.4 is 5.32 Å². The first-order valence-corrected chi connectivity index (χ1v) is 6.17. The standard InChI is InChI=1S/C11H15N5O4/c1-8(10(17)15-2-4-20-5-3-15)14-11-12-6-9(7-13-11)16(18)19/h6-8H,2-5H2,1H3,(H,12,13,14). The monoisotopic (exact) mass is 281 g/mol. The van der Waals surface area contributed by atoms with Crippen LogP contribution in [0.3, 0.4) is 0 Å². The summed E-state index contributed by atoms with van der Waals surface area (Å²) in [6, 6.07) is -0.505. The summed E-state index contributed by atoms with van der Waals surface area (Å²) in [4.78, 5) is 31.3. The van der Waals surface area contributed by atoms with Crippen LogP contribution in [-0.4, -0.2) is 58.0 Å². The summed E-state index contributed by atoms with van der Waals surface area (Å²) in [7, 11) is 0. The van der Waals surface area contributed by atoms with Crippen LogP contribution in [0.2, 0.25) is 0 Å². The van der Waals surface area contributed by atoms with E-state index in [4.69, 9.17) is 4.74 Å². The molecule has 1 aromatic heterocycles. The Bertz CT molecular complexity index is 486. The van der Waals surface area contributed by atoms with Crippen LogP contribution in [-0.2, 0) is 9.53 Å². The highest BCUT2D eigenvalue weighted by Gasteiger charge is 2.23. The molecule has 0 aliphatic carbocycles. The van der Waals surface area contributed by atoms with Crippen molar-refractivity contribution in [3.63, 3.8) is 0 Å². The molecule has 0 spiro atoms. The van der Waals surface area contributed by atoms with Gasteiger partial charge in [0.05, 0.1) is 18.1 Å². The van der Waals surface area contributed by atoms with Crippen LogP contribution in [0.25, 0.3) is 0 Å². The first-order chi connectivity index (χ1) is 9.58. The molecule has 1 saturated heterocycles. The number of nitrogens with zero attached hydrogens (tertiary/aromatic N) is 4. The van der Waals surface area contributed by atoms with E-state index >= 15 is 0 Å². The number of aromatic nitrogens is 2. The number of nitrogens with one attached hydrogen (secondary N) is 1. The Morgan fingerprint density at radius 3 is 2.60 bits per heavy atom. The zero-order valence-electron chi connectivity index (χ0n) is 11.0. The lowest BCUT2D eigenvalue weighted by molar-refractivity contribution is -0.385. The highest BCUT2D eigenvalue weighted by Crippen LogP contribution is 2.10. The van der Waals surface area contributed by atoms with Gasteiger partial charge in [-0.1, -0.05) is 0 Å². The third-order valence-electron chi connectivity index (χ3n) is 2.89. The van der Waals surface area contributed by atoms with Crippen molar-refractivity contribution < 1.29 is 14.5 Å². The van der Waals surface area contributed by atoms with E-state index in [1.54, 1.807) is 11.8 Å². The Kier molecular flexibility index (Phi) is 4.41. The summed E-state index contributed by atoms with van der Waals surface area (Å²) < 4.78 is 5.18. The second-order valence-electron chi connectivity index (χ2n) is 4.33. The van der Waals surface area contributed by atoms with Gasteiger partial charge in [-0.25, -0.2) is 9.97 Å². The largest absolute Gasteiger partial charge is 0.378 e. The first-order valence-electron chi connectivity index (χ1n) is 6.17. The van der Waals surface area contributed by atoms with Crippen LogP contribution in [0, 0.1) is 10.1 Å². The fraction of sp³-hybridized carbons (Fsp3) is 0.545. The maximum atomic E-state index is 12.1. The topological polar surface area (TPSA) is 110 Å². The summed E-state index contributed by atoms with van der Waals surface area (Å²) in [5.74, 6) is 0.111. The molecule has 20 heavy (non-hydrogen) atoms. The van der Waals surface area contributed by atoms with E-state index < -0.39 is 11.0 Å². The number of hydrogen-bond acceptors (Lipinski definition) is 7. The van der Waals surface area contributed by atoms with Crippen molar-refractivity contribution >= 4 is 17.5 Å². The zero-order valence-corrected chi connectivity index (χ0v) is 11.0. The molecule has 2 heterocycles. The molecule has 108 valence electrons. The number of carbonyl (C=O) groups is 1. The van der Waals surface area contributed by atoms with Crippen molar-refractivity contribution in [2.45, 2.75) is 13.0 Å². The predicted molar refractivity (Wildman–Crippen MR) is 69.2 cm³/mol. The minimum absolute atomic E-state index is 0.0738. The molecule has 0 saturated carbocycles. The number of rotatable bonds is 4. The average Bonchev–Trinajstić information content (AvgIpc) is 2.48. The quantitative estimate of drug-likeness (QED) is 0.613. The van der Waals surface area contributed by atoms with Gasteiger partial charge in [-0.05, 0) is 6.92 Å². The average molecular weight is 281 g/mol. The van der Waals surface area contributed by atoms with Gasteiger partial charge in [0.2, 0.25) is 11.9 Å². The SMILES string of the molecule is CC(Nc1ncc([N+](=O)[O-])cn1)C(=O)N1CCOCC1. The Hall–Kier alpha value is -2.29. The molecule has 1 fully saturated rings. The fourth-order valence-corrected chi connectivity index (χ4v) is 1.80. The number of morpholine rings is 1. The lowest BCUT2D eigenvalue weighted by Crippen LogP contribution is -2.47. The minimum atomic E-state index is -0.577. The molecule has 0 radical (unpaired) electrons. The zero-order chi connectivity index (χ0) is 14.5. The van der Waals surface area contributed by atoms with Crippen molar-refractivity contribution in [2.75, 3.05) is 31.6 Å². The van der Waals surface area contributed by atoms with E-state index in [1.807, 2.05) is 0 Å². The van der Waals surface area contributed by atoms with Crippen LogP contribution in [0.4, 0.5) is 11.6 Å². The van der Waals surface area contributed by atoms with E-state index in [2.05, 4.69) is 15.3 Å². The van der Waals surface area contributed by atoms with Crippen LogP contribution >= 0.6 is 0 Å². The lowest BCUT2D eigenvalue weighted by atomic mass is 10.2. The second-order valence-corrected chi connectivity index (χ2v) is 4.33. The van der Waals surface area contributed by atoms with Gasteiger partial charge in [-0.2, -0.15) is 0 Å². The molecule has 1 aliphatic heterocycles. The second kappa shape index (κ2) is 6.24. The van der Waals surface area contributed by atoms with Crippen molar-refractivity contribution in [2.24, 2.45) is 0 Å². The highest BCUT2D eigenvalue weighted by molar-refractivity contribution is 5.83. The smallest absolute Gasteiger partial charge is 0.305 e. The van der Waals surface area contributed by atoms with Crippen LogP contribution in [0.15, 0.2) is 12.4 Å². The summed E-state index contributed by atoms with van der Waals surface area (Å²) in [6.07, 6.45) is 2.20. The normalized spacial score (nSPS) is 16.6. The molecule has 1 aliphatic rings. The summed E-state index contributed by atoms with van der Waals surface area (Å²) in [5, 5.41) is 13.3. The maximum Gasteiger partial charge on any atom is 0.305 e. The van der Waals surface area contributed by atoms with Gasteiger partial charge in [-0.15, -0.1) is 0 Å². The van der Waals surface area contributed by atoms with Gasteiger partial charge in [0.15, 0.2) is 0 Å². The predicted octanol–water partition coefficient (Wildman–Crippen LogP) is 0.0440. The Balaban J connectivity index is 1.94. The summed E-state index contributed by atoms with van der Waals surface area (Å²) in [6.45, 7) is 3.89. The number of amides is 1. The molecule has 1 N–H and O–H groups in total. The third-order valence-corrected chi connectivity index (χ3v) is 2.89. The molecule has 2 rings (SSSR count). The molecule has 1 unspecified atom stereocenters. The van der Waals surface area contributed by atoms with E-state index in [0.717, 1.165) is 12.4 Å². The van der Waals surface area contributed by atoms with E-state index in [9.17, 15) is 14.9 Å². The van der Waals surface area contributed by atoms with Crippen molar-refractivity contribution in [1.29, 1.82) is 0 Å². The van der Waals surface area contributed by atoms with Crippen molar-refractivity contribution in [3.8, 4) is 0 Å². The Morgan fingerprint density at radius 2 is 2.05 bits per heavy atom. The molecule has 9 heteroatoms. The van der Waals surface area contributed by atoms with Gasteiger partial charge in [0.1, 0.15) is 18.4 Å². The summed E-state index contributed by atoms with van der Waals surface area (Å²) >= 11 is 0. The number of carbonyl (C=O) groups excluding carboxylic acids is 1. The number of hydrogen-bond donors (Lipinski definition) is 1. The van der Waals surface area contributed by atoms with Crippen molar-refractivity contribution in [1.82, 2.24) is 14.9 Å². The Morgan fingerprint density at radius 1 is 1.45 bits per heavy atom. The fourth-order valence-electron chi connectivity index (χ4n) is 1.80. The third kappa shape index (κ3) is 3.38. The van der Waals surface area contributed by atoms with Gasteiger partial charge < -0.3 is 15.0 Å². The highest BCUT2D eigenvalue weighted by atomic mass is 16.6. The molecule has 1 amide bonds.